The van der Waals surface area contributed by atoms with Gasteiger partial charge in [0.05, 0.1) is 6.10 Å². The van der Waals surface area contributed by atoms with Gasteiger partial charge in [-0.2, -0.15) is 0 Å². The van der Waals surface area contributed by atoms with Crippen LogP contribution >= 0.6 is 0 Å². The number of hydrogen-bond donors (Lipinski definition) is 2. The van der Waals surface area contributed by atoms with Crippen molar-refractivity contribution in [1.82, 2.24) is 14.8 Å². The van der Waals surface area contributed by atoms with Crippen molar-refractivity contribution < 1.29 is 9.90 Å². The van der Waals surface area contributed by atoms with Crippen LogP contribution in [0.2, 0.25) is 0 Å². The van der Waals surface area contributed by atoms with Gasteiger partial charge in [-0.25, -0.2) is 0 Å². The lowest BCUT2D eigenvalue weighted by molar-refractivity contribution is 0.0792. The Labute approximate surface area is 184 Å². The van der Waals surface area contributed by atoms with Crippen molar-refractivity contribution in [2.24, 2.45) is 0 Å². The van der Waals surface area contributed by atoms with Crippen LogP contribution in [0.25, 0.3) is 5.69 Å². The summed E-state index contributed by atoms with van der Waals surface area (Å²) in [6.07, 6.45) is 1.58. The molecule has 0 unspecified atom stereocenters. The maximum Gasteiger partial charge on any atom is 0.251 e. The van der Waals surface area contributed by atoms with E-state index in [0.29, 0.717) is 12.1 Å². The molecular formula is C26H31N3O2. The van der Waals surface area contributed by atoms with Crippen molar-refractivity contribution in [2.75, 3.05) is 13.1 Å². The van der Waals surface area contributed by atoms with E-state index in [9.17, 15) is 9.90 Å². The fourth-order valence-corrected chi connectivity index (χ4v) is 4.22. The number of carbonyl (C=O) groups excluding carboxylic acids is 1. The molecule has 1 amide bonds. The summed E-state index contributed by atoms with van der Waals surface area (Å²) >= 11 is 0. The predicted molar refractivity (Wildman–Crippen MR) is 123 cm³/mol. The Balaban J connectivity index is 1.30. The summed E-state index contributed by atoms with van der Waals surface area (Å²) in [5, 5.41) is 12.6. The number of amides is 1. The molecule has 162 valence electrons. The number of hydrogen-bond acceptors (Lipinski definition) is 3. The number of rotatable bonds is 6. The second-order valence-electron chi connectivity index (χ2n) is 8.50. The summed E-state index contributed by atoms with van der Waals surface area (Å²) in [6.45, 7) is 7.47. The average Bonchev–Trinajstić information content (AvgIpc) is 3.12. The molecule has 0 bridgehead atoms. The molecule has 31 heavy (non-hydrogen) atoms. The average molecular weight is 418 g/mol. The van der Waals surface area contributed by atoms with Crippen LogP contribution < -0.4 is 5.32 Å². The van der Waals surface area contributed by atoms with Crippen LogP contribution in [-0.2, 0) is 13.1 Å². The zero-order chi connectivity index (χ0) is 21.8. The minimum Gasteiger partial charge on any atom is -0.393 e. The summed E-state index contributed by atoms with van der Waals surface area (Å²) in [5.41, 5.74) is 6.43. The van der Waals surface area contributed by atoms with Gasteiger partial charge in [0.1, 0.15) is 0 Å². The summed E-state index contributed by atoms with van der Waals surface area (Å²) in [6, 6.07) is 20.3. The first-order valence-corrected chi connectivity index (χ1v) is 11.0. The van der Waals surface area contributed by atoms with Crippen LogP contribution in [-0.4, -0.2) is 39.7 Å². The molecule has 0 saturated carbocycles. The van der Waals surface area contributed by atoms with Gasteiger partial charge >= 0.3 is 0 Å². The number of aryl methyl sites for hydroxylation is 2. The van der Waals surface area contributed by atoms with Crippen LogP contribution in [0.1, 0.15) is 45.7 Å². The van der Waals surface area contributed by atoms with Crippen LogP contribution in [0.3, 0.4) is 0 Å². The van der Waals surface area contributed by atoms with Crippen molar-refractivity contribution in [3.05, 3.63) is 88.7 Å². The monoisotopic (exact) mass is 417 g/mol. The molecule has 0 aliphatic carbocycles. The first-order valence-electron chi connectivity index (χ1n) is 11.0. The highest BCUT2D eigenvalue weighted by molar-refractivity contribution is 5.94. The van der Waals surface area contributed by atoms with Crippen LogP contribution in [0.15, 0.2) is 60.7 Å². The second kappa shape index (κ2) is 9.50. The molecule has 1 saturated heterocycles. The number of nitrogens with one attached hydrogen (secondary N) is 1. The first kappa shape index (κ1) is 21.3. The summed E-state index contributed by atoms with van der Waals surface area (Å²) in [5.74, 6) is -0.0662. The molecule has 2 aromatic carbocycles. The van der Waals surface area contributed by atoms with E-state index in [1.54, 1.807) is 0 Å². The third kappa shape index (κ3) is 5.24. The third-order valence-corrected chi connectivity index (χ3v) is 6.10. The zero-order valence-electron chi connectivity index (χ0n) is 18.3. The van der Waals surface area contributed by atoms with Crippen molar-refractivity contribution in [1.29, 1.82) is 0 Å². The minimum atomic E-state index is -0.138. The van der Waals surface area contributed by atoms with E-state index in [2.05, 4.69) is 65.0 Å². The lowest BCUT2D eigenvalue weighted by Gasteiger charge is -2.29. The van der Waals surface area contributed by atoms with Gasteiger partial charge in [0, 0.05) is 48.8 Å². The fraction of sp³-hybridized carbons (Fsp3) is 0.346. The molecule has 5 heteroatoms. The Morgan fingerprint density at radius 2 is 1.48 bits per heavy atom. The molecule has 0 radical (unpaired) electrons. The van der Waals surface area contributed by atoms with Gasteiger partial charge in [-0.3, -0.25) is 9.69 Å². The number of piperidine rings is 1. The van der Waals surface area contributed by atoms with E-state index in [-0.39, 0.29) is 12.0 Å². The van der Waals surface area contributed by atoms with Gasteiger partial charge in [0.15, 0.2) is 0 Å². The van der Waals surface area contributed by atoms with E-state index in [1.807, 2.05) is 24.3 Å². The van der Waals surface area contributed by atoms with E-state index >= 15 is 0 Å². The van der Waals surface area contributed by atoms with E-state index in [4.69, 9.17) is 0 Å². The van der Waals surface area contributed by atoms with E-state index < -0.39 is 0 Å². The number of benzene rings is 2. The molecular weight excluding hydrogens is 386 g/mol. The zero-order valence-corrected chi connectivity index (χ0v) is 18.3. The van der Waals surface area contributed by atoms with Crippen LogP contribution in [0.5, 0.6) is 0 Å². The quantitative estimate of drug-likeness (QED) is 0.638. The molecule has 0 spiro atoms. The molecule has 2 N–H and O–H groups in total. The van der Waals surface area contributed by atoms with Crippen LogP contribution in [0.4, 0.5) is 0 Å². The van der Waals surface area contributed by atoms with Crippen molar-refractivity contribution >= 4 is 5.91 Å². The first-order chi connectivity index (χ1) is 15.0. The SMILES string of the molecule is Cc1ccc(C)n1-c1ccc(C(=O)NCc2ccc(CN3CCC(O)CC3)cc2)cc1. The number of aliphatic hydroxyl groups is 1. The lowest BCUT2D eigenvalue weighted by atomic mass is 10.1. The Bertz CT molecular complexity index is 994. The number of aliphatic hydroxyl groups excluding tert-OH is 1. The predicted octanol–water partition coefficient (Wildman–Crippen LogP) is 3.98. The van der Waals surface area contributed by atoms with Gasteiger partial charge in [0.2, 0.25) is 0 Å². The smallest absolute Gasteiger partial charge is 0.251 e. The lowest BCUT2D eigenvalue weighted by Crippen LogP contribution is -2.35. The highest BCUT2D eigenvalue weighted by Gasteiger charge is 2.16. The van der Waals surface area contributed by atoms with E-state index in [1.165, 1.54) is 17.0 Å². The van der Waals surface area contributed by atoms with Gasteiger partial charge in [-0.15, -0.1) is 0 Å². The summed E-state index contributed by atoms with van der Waals surface area (Å²) < 4.78 is 2.18. The highest BCUT2D eigenvalue weighted by Crippen LogP contribution is 2.17. The molecule has 2 heterocycles. The number of aromatic nitrogens is 1. The summed E-state index contributed by atoms with van der Waals surface area (Å²) in [4.78, 5) is 14.9. The Morgan fingerprint density at radius 3 is 2.10 bits per heavy atom. The molecule has 1 aliphatic heterocycles. The molecule has 1 aromatic heterocycles. The number of likely N-dealkylation sites (tertiary alicyclic amines) is 1. The van der Waals surface area contributed by atoms with Crippen molar-refractivity contribution in [3.63, 3.8) is 0 Å². The maximum absolute atomic E-state index is 12.6. The third-order valence-electron chi connectivity index (χ3n) is 6.10. The number of nitrogens with zero attached hydrogens (tertiary/aromatic N) is 2. The summed E-state index contributed by atoms with van der Waals surface area (Å²) in [7, 11) is 0. The standard InChI is InChI=1S/C26H31N3O2/c1-19-3-4-20(2)29(19)24-11-9-23(10-12-24)26(31)27-17-21-5-7-22(8-6-21)18-28-15-13-25(30)14-16-28/h3-12,25,30H,13-18H2,1-2H3,(H,27,31). The van der Waals surface area contributed by atoms with Gasteiger partial charge in [-0.1, -0.05) is 24.3 Å². The van der Waals surface area contributed by atoms with Crippen molar-refractivity contribution in [2.45, 2.75) is 45.9 Å². The fourth-order valence-electron chi connectivity index (χ4n) is 4.22. The Hall–Kier alpha value is -2.89. The second-order valence-corrected chi connectivity index (χ2v) is 8.50. The largest absolute Gasteiger partial charge is 0.393 e. The topological polar surface area (TPSA) is 57.5 Å². The molecule has 5 nitrogen and oxygen atoms in total. The highest BCUT2D eigenvalue weighted by atomic mass is 16.3. The Kier molecular flexibility index (Phi) is 6.54. The number of carbonyl (C=O) groups is 1. The molecule has 3 aromatic rings. The van der Waals surface area contributed by atoms with Crippen LogP contribution in [0, 0.1) is 13.8 Å². The van der Waals surface area contributed by atoms with Crippen molar-refractivity contribution in [3.8, 4) is 5.69 Å². The molecule has 4 rings (SSSR count). The molecule has 1 aliphatic rings. The van der Waals surface area contributed by atoms with E-state index in [0.717, 1.165) is 43.7 Å². The minimum absolute atomic E-state index is 0.0662. The van der Waals surface area contributed by atoms with Gasteiger partial charge < -0.3 is 15.0 Å². The molecule has 1 fully saturated rings. The Morgan fingerprint density at radius 1 is 0.903 bits per heavy atom. The molecule has 0 atom stereocenters. The maximum atomic E-state index is 12.6. The normalized spacial score (nSPS) is 15.2. The van der Waals surface area contributed by atoms with Gasteiger partial charge in [0.25, 0.3) is 5.91 Å². The van der Waals surface area contributed by atoms with Gasteiger partial charge in [-0.05, 0) is 74.2 Å².